The molecule has 0 unspecified atom stereocenters. The predicted molar refractivity (Wildman–Crippen MR) is 99.8 cm³/mol. The highest BCUT2D eigenvalue weighted by molar-refractivity contribution is 8.14. The van der Waals surface area contributed by atoms with E-state index in [4.69, 9.17) is 19.3 Å². The van der Waals surface area contributed by atoms with Crippen LogP contribution < -0.4 is 0 Å². The molecule has 1 fully saturated rings. The van der Waals surface area contributed by atoms with Crippen LogP contribution in [0.5, 0.6) is 0 Å². The Labute approximate surface area is 170 Å². The first kappa shape index (κ1) is 23.7. The molecule has 0 radical (unpaired) electrons. The van der Waals surface area contributed by atoms with Crippen molar-refractivity contribution in [2.75, 3.05) is 20.3 Å². The van der Waals surface area contributed by atoms with E-state index in [2.05, 4.69) is 18.2 Å². The van der Waals surface area contributed by atoms with E-state index in [1.54, 1.807) is 0 Å². The van der Waals surface area contributed by atoms with Gasteiger partial charge in [0.05, 0.1) is 13.2 Å². The number of amides is 1. The molecule has 1 saturated heterocycles. The Hall–Kier alpha value is -1.60. The number of alkyl halides is 3. The van der Waals surface area contributed by atoms with Crippen molar-refractivity contribution < 1.29 is 42.4 Å². The van der Waals surface area contributed by atoms with E-state index >= 15 is 0 Å². The molecule has 0 aromatic heterocycles. The molecule has 2 aliphatic rings. The number of aliphatic imine (C=N–C) groups is 1. The van der Waals surface area contributed by atoms with Crippen molar-refractivity contribution in [1.29, 1.82) is 0 Å². The summed E-state index contributed by atoms with van der Waals surface area (Å²) in [5, 5.41) is 19.5. The highest BCUT2D eigenvalue weighted by Crippen LogP contribution is 2.45. The molecule has 0 aromatic carbocycles. The van der Waals surface area contributed by atoms with Gasteiger partial charge in [0.25, 0.3) is 0 Å². The zero-order valence-corrected chi connectivity index (χ0v) is 16.7. The Balaban J connectivity index is 2.45. The number of aliphatic hydroxyl groups is 1. The minimum Gasteiger partial charge on any atom is -0.465 e. The van der Waals surface area contributed by atoms with Crippen LogP contribution in [0.2, 0.25) is 0 Å². The van der Waals surface area contributed by atoms with Gasteiger partial charge in [0, 0.05) is 7.05 Å². The molecule has 1 amide bonds. The highest BCUT2D eigenvalue weighted by Gasteiger charge is 2.64. The third-order valence-electron chi connectivity index (χ3n) is 4.51. The first-order valence-corrected chi connectivity index (χ1v) is 9.44. The summed E-state index contributed by atoms with van der Waals surface area (Å²) in [5.41, 5.74) is -4.27. The Morgan fingerprint density at radius 1 is 1.31 bits per heavy atom. The Bertz CT molecular complexity index is 672. The van der Waals surface area contributed by atoms with Crippen molar-refractivity contribution >= 4 is 23.0 Å². The second-order valence-corrected chi connectivity index (χ2v) is 7.67. The van der Waals surface area contributed by atoms with Gasteiger partial charge in [-0.15, -0.1) is 13.2 Å². The van der Waals surface area contributed by atoms with Crippen LogP contribution in [0, 0.1) is 0 Å². The van der Waals surface area contributed by atoms with Crippen LogP contribution in [0.4, 0.5) is 18.0 Å². The maximum atomic E-state index is 13.6. The average Bonchev–Trinajstić information content (AvgIpc) is 3.06. The molecule has 12 heteroatoms. The standard InChI is InChI=1S/C17H23F3N2O6S/c1-5-7-26-10-9-13(29-14(21-9)22(4)15(23)24)28-12(11(10)27-8-6-2)16(3,25)17(18,19)20/h5-6,9-13,25H,1-2,7-8H2,3-4H3,(H,23,24)/t9-,10-,11+,12+,13-,16+/m1/s1. The normalized spacial score (nSPS) is 31.4. The lowest BCUT2D eigenvalue weighted by molar-refractivity contribution is -0.322. The third kappa shape index (κ3) is 4.77. The molecule has 2 N–H and O–H groups in total. The predicted octanol–water partition coefficient (Wildman–Crippen LogP) is 2.25. The zero-order chi connectivity index (χ0) is 22.0. The molecule has 29 heavy (non-hydrogen) atoms. The minimum atomic E-state index is -5.02. The maximum absolute atomic E-state index is 13.6. The van der Waals surface area contributed by atoms with E-state index < -0.39 is 47.7 Å². The van der Waals surface area contributed by atoms with Gasteiger partial charge in [-0.05, 0) is 6.92 Å². The molecule has 6 atom stereocenters. The lowest BCUT2D eigenvalue weighted by Gasteiger charge is -2.47. The minimum absolute atomic E-state index is 0.0208. The highest BCUT2D eigenvalue weighted by atomic mass is 32.2. The summed E-state index contributed by atoms with van der Waals surface area (Å²) in [5.74, 6) is 0. The first-order valence-electron chi connectivity index (χ1n) is 8.56. The van der Waals surface area contributed by atoms with Crippen LogP contribution in [0.3, 0.4) is 0 Å². The molecule has 0 aliphatic carbocycles. The number of hydrogen-bond donors (Lipinski definition) is 2. The van der Waals surface area contributed by atoms with Crippen LogP contribution in [-0.4, -0.2) is 88.2 Å². The van der Waals surface area contributed by atoms with Gasteiger partial charge in [0.2, 0.25) is 0 Å². The number of rotatable bonds is 7. The molecular formula is C17H23F3N2O6S. The number of ether oxygens (including phenoxy) is 3. The number of fused-ring (bicyclic) bond motifs is 1. The largest absolute Gasteiger partial charge is 0.465 e. The van der Waals surface area contributed by atoms with Gasteiger partial charge < -0.3 is 24.4 Å². The first-order chi connectivity index (χ1) is 13.5. The molecule has 164 valence electrons. The zero-order valence-electron chi connectivity index (χ0n) is 15.8. The average molecular weight is 440 g/mol. The maximum Gasteiger partial charge on any atom is 0.419 e. The van der Waals surface area contributed by atoms with Gasteiger partial charge in [0.1, 0.15) is 29.8 Å². The summed E-state index contributed by atoms with van der Waals surface area (Å²) in [7, 11) is 1.25. The van der Waals surface area contributed by atoms with Crippen LogP contribution in [0.1, 0.15) is 6.92 Å². The Morgan fingerprint density at radius 2 is 1.86 bits per heavy atom. The van der Waals surface area contributed by atoms with Crippen molar-refractivity contribution in [2.24, 2.45) is 4.99 Å². The fraction of sp³-hybridized carbons (Fsp3) is 0.647. The Kier molecular flexibility index (Phi) is 7.38. The lowest BCUT2D eigenvalue weighted by Crippen LogP contribution is -2.67. The molecule has 2 rings (SSSR count). The molecule has 0 spiro atoms. The summed E-state index contributed by atoms with van der Waals surface area (Å²) >= 11 is 0.837. The molecule has 2 aliphatic heterocycles. The lowest BCUT2D eigenvalue weighted by atomic mass is 9.86. The van der Waals surface area contributed by atoms with Gasteiger partial charge >= 0.3 is 12.3 Å². The number of amidine groups is 1. The van der Waals surface area contributed by atoms with Crippen LogP contribution in [-0.2, 0) is 14.2 Å². The quantitative estimate of drug-likeness (QED) is 0.586. The third-order valence-corrected chi connectivity index (χ3v) is 5.73. The van der Waals surface area contributed by atoms with Gasteiger partial charge in [0.15, 0.2) is 10.8 Å². The molecular weight excluding hydrogens is 417 g/mol. The number of nitrogens with zero attached hydrogens (tertiary/aromatic N) is 2. The van der Waals surface area contributed by atoms with Crippen molar-refractivity contribution in [1.82, 2.24) is 4.90 Å². The summed E-state index contributed by atoms with van der Waals surface area (Å²) < 4.78 is 57.4. The molecule has 0 saturated carbocycles. The summed E-state index contributed by atoms with van der Waals surface area (Å²) in [6.07, 6.45) is -7.84. The molecule has 2 heterocycles. The molecule has 8 nitrogen and oxygen atoms in total. The SMILES string of the molecule is C=CCO[C@@H]1[C@H]2N=C(N(C)C(=O)O)S[C@H]2O[C@H]([C@](C)(O)C(F)(F)F)[C@H]1OCC=C. The number of halogens is 3. The molecule has 0 aromatic rings. The summed E-state index contributed by atoms with van der Waals surface area (Å²) in [4.78, 5) is 16.3. The van der Waals surface area contributed by atoms with E-state index in [9.17, 15) is 23.1 Å². The van der Waals surface area contributed by atoms with Crippen LogP contribution in [0.15, 0.2) is 30.3 Å². The van der Waals surface area contributed by atoms with E-state index in [0.29, 0.717) is 6.92 Å². The van der Waals surface area contributed by atoms with Gasteiger partial charge in [-0.25, -0.2) is 4.79 Å². The van der Waals surface area contributed by atoms with E-state index in [0.717, 1.165) is 16.7 Å². The van der Waals surface area contributed by atoms with Gasteiger partial charge in [-0.2, -0.15) is 13.2 Å². The monoisotopic (exact) mass is 440 g/mol. The second kappa shape index (κ2) is 9.04. The van der Waals surface area contributed by atoms with Crippen molar-refractivity contribution in [2.45, 2.75) is 48.5 Å². The van der Waals surface area contributed by atoms with E-state index in [-0.39, 0.29) is 18.4 Å². The van der Waals surface area contributed by atoms with Crippen molar-refractivity contribution in [3.63, 3.8) is 0 Å². The topological polar surface area (TPSA) is 101 Å². The van der Waals surface area contributed by atoms with Crippen molar-refractivity contribution in [3.8, 4) is 0 Å². The van der Waals surface area contributed by atoms with Crippen molar-refractivity contribution in [3.05, 3.63) is 25.3 Å². The number of thioether (sulfide) groups is 1. The fourth-order valence-corrected chi connectivity index (χ4v) is 4.07. The number of carbonyl (C=O) groups is 1. The molecule has 0 bridgehead atoms. The fourth-order valence-electron chi connectivity index (χ4n) is 2.91. The van der Waals surface area contributed by atoms with Crippen LogP contribution >= 0.6 is 11.8 Å². The number of hydrogen-bond acceptors (Lipinski definition) is 7. The summed E-state index contributed by atoms with van der Waals surface area (Å²) in [6.45, 7) is 7.45. The van der Waals surface area contributed by atoms with E-state index in [1.807, 2.05) is 0 Å². The van der Waals surface area contributed by atoms with Gasteiger partial charge in [-0.3, -0.25) is 9.89 Å². The smallest absolute Gasteiger partial charge is 0.419 e. The summed E-state index contributed by atoms with van der Waals surface area (Å²) in [6, 6.07) is -0.855. The van der Waals surface area contributed by atoms with Gasteiger partial charge in [-0.1, -0.05) is 23.9 Å². The van der Waals surface area contributed by atoms with Crippen LogP contribution in [0.25, 0.3) is 0 Å². The van der Waals surface area contributed by atoms with E-state index in [1.165, 1.54) is 19.2 Å². The Morgan fingerprint density at radius 3 is 2.34 bits per heavy atom. The number of carboxylic acid groups (broad SMARTS) is 1. The second-order valence-electron chi connectivity index (χ2n) is 6.61.